The summed E-state index contributed by atoms with van der Waals surface area (Å²) in [4.78, 5) is 0. The third-order valence-electron chi connectivity index (χ3n) is 2.75. The molecule has 1 aliphatic carbocycles. The Bertz CT molecular complexity index is 321. The normalized spacial score (nSPS) is 14.4. The molecule has 0 amide bonds. The molecule has 2 rings (SSSR count). The van der Waals surface area contributed by atoms with Crippen LogP contribution in [0.3, 0.4) is 0 Å². The Morgan fingerprint density at radius 1 is 1.33 bits per heavy atom. The van der Waals surface area contributed by atoms with Crippen LogP contribution in [-0.4, -0.2) is 0 Å². The van der Waals surface area contributed by atoms with Crippen LogP contribution in [0.2, 0.25) is 0 Å². The first-order valence-corrected chi connectivity index (χ1v) is 4.56. The van der Waals surface area contributed by atoms with Gasteiger partial charge in [-0.1, -0.05) is 24.8 Å². The molecule has 12 heavy (non-hydrogen) atoms. The highest BCUT2D eigenvalue weighted by Crippen LogP contribution is 2.28. The summed E-state index contributed by atoms with van der Waals surface area (Å²) < 4.78 is 0. The van der Waals surface area contributed by atoms with Crippen molar-refractivity contribution < 1.29 is 0 Å². The minimum absolute atomic E-state index is 1.25. The van der Waals surface area contributed by atoms with Crippen molar-refractivity contribution in [3.63, 3.8) is 0 Å². The molecule has 0 saturated carbocycles. The Kier molecular flexibility index (Phi) is 1.76. The lowest BCUT2D eigenvalue weighted by molar-refractivity contribution is 0.911. The first-order chi connectivity index (χ1) is 5.83. The molecule has 0 heteroatoms. The minimum atomic E-state index is 1.25. The van der Waals surface area contributed by atoms with Crippen molar-refractivity contribution in [3.05, 3.63) is 41.0 Å². The van der Waals surface area contributed by atoms with Crippen molar-refractivity contribution >= 4 is 6.08 Å². The summed E-state index contributed by atoms with van der Waals surface area (Å²) in [5.74, 6) is 0. The molecule has 0 N–H and O–H groups in total. The Morgan fingerprint density at radius 2 is 2.17 bits per heavy atom. The van der Waals surface area contributed by atoms with Crippen LogP contribution in [-0.2, 0) is 12.8 Å². The summed E-state index contributed by atoms with van der Waals surface area (Å²) in [6.07, 6.45) is 5.83. The fourth-order valence-electron chi connectivity index (χ4n) is 2.10. The number of hydrogen-bond acceptors (Lipinski definition) is 0. The predicted molar refractivity (Wildman–Crippen MR) is 53.3 cm³/mol. The smallest absolute Gasteiger partial charge is 0.0198 e. The first-order valence-electron chi connectivity index (χ1n) is 4.56. The monoisotopic (exact) mass is 158 g/mol. The summed E-state index contributed by atoms with van der Waals surface area (Å²) >= 11 is 0. The molecule has 1 aromatic carbocycles. The van der Waals surface area contributed by atoms with Gasteiger partial charge < -0.3 is 0 Å². The van der Waals surface area contributed by atoms with E-state index in [1.54, 1.807) is 5.56 Å². The fourth-order valence-corrected chi connectivity index (χ4v) is 2.10. The summed E-state index contributed by atoms with van der Waals surface area (Å²) in [7, 11) is 0. The third-order valence-corrected chi connectivity index (χ3v) is 2.75. The van der Waals surface area contributed by atoms with E-state index in [1.165, 1.54) is 36.0 Å². The van der Waals surface area contributed by atoms with Gasteiger partial charge in [-0.2, -0.15) is 0 Å². The second-order valence-corrected chi connectivity index (χ2v) is 3.49. The lowest BCUT2D eigenvalue weighted by Gasteiger charge is -2.07. The van der Waals surface area contributed by atoms with E-state index >= 15 is 0 Å². The van der Waals surface area contributed by atoms with Gasteiger partial charge >= 0.3 is 0 Å². The van der Waals surface area contributed by atoms with Gasteiger partial charge in [0.1, 0.15) is 0 Å². The van der Waals surface area contributed by atoms with Crippen molar-refractivity contribution in [1.82, 2.24) is 0 Å². The van der Waals surface area contributed by atoms with E-state index < -0.39 is 0 Å². The van der Waals surface area contributed by atoms with Gasteiger partial charge in [-0.05, 0) is 48.4 Å². The summed E-state index contributed by atoms with van der Waals surface area (Å²) in [6.45, 7) is 6.03. The molecule has 0 unspecified atom stereocenters. The Morgan fingerprint density at radius 3 is 2.92 bits per heavy atom. The van der Waals surface area contributed by atoms with Crippen molar-refractivity contribution in [2.24, 2.45) is 0 Å². The zero-order chi connectivity index (χ0) is 8.55. The molecular formula is C12H14. The second kappa shape index (κ2) is 2.78. The summed E-state index contributed by atoms with van der Waals surface area (Å²) in [5, 5.41) is 0. The molecule has 0 atom stereocenters. The Labute approximate surface area is 73.9 Å². The van der Waals surface area contributed by atoms with Gasteiger partial charge in [-0.25, -0.2) is 0 Å². The van der Waals surface area contributed by atoms with Gasteiger partial charge in [0.05, 0.1) is 0 Å². The van der Waals surface area contributed by atoms with E-state index in [1.807, 2.05) is 6.08 Å². The van der Waals surface area contributed by atoms with Crippen LogP contribution < -0.4 is 0 Å². The van der Waals surface area contributed by atoms with Gasteiger partial charge in [-0.15, -0.1) is 0 Å². The van der Waals surface area contributed by atoms with Gasteiger partial charge in [0.2, 0.25) is 0 Å². The number of hydrogen-bond donors (Lipinski definition) is 0. The molecule has 0 aliphatic heterocycles. The van der Waals surface area contributed by atoms with Crippen LogP contribution in [0, 0.1) is 6.92 Å². The maximum absolute atomic E-state index is 3.87. The molecule has 0 heterocycles. The van der Waals surface area contributed by atoms with Crippen LogP contribution >= 0.6 is 0 Å². The number of fused-ring (bicyclic) bond motifs is 1. The van der Waals surface area contributed by atoms with Gasteiger partial charge in [0.15, 0.2) is 0 Å². The van der Waals surface area contributed by atoms with E-state index in [2.05, 4.69) is 25.6 Å². The van der Waals surface area contributed by atoms with Gasteiger partial charge in [0, 0.05) is 0 Å². The summed E-state index contributed by atoms with van der Waals surface area (Å²) in [6, 6.07) is 4.48. The summed E-state index contributed by atoms with van der Waals surface area (Å²) in [5.41, 5.74) is 5.83. The van der Waals surface area contributed by atoms with Crippen LogP contribution in [0.1, 0.15) is 28.7 Å². The average molecular weight is 158 g/mol. The van der Waals surface area contributed by atoms with Crippen LogP contribution in [0.25, 0.3) is 6.08 Å². The molecule has 0 spiro atoms. The highest BCUT2D eigenvalue weighted by atomic mass is 14.2. The highest BCUT2D eigenvalue weighted by molar-refractivity contribution is 5.59. The van der Waals surface area contributed by atoms with E-state index in [9.17, 15) is 0 Å². The van der Waals surface area contributed by atoms with E-state index in [-0.39, 0.29) is 0 Å². The quantitative estimate of drug-likeness (QED) is 0.589. The van der Waals surface area contributed by atoms with E-state index in [4.69, 9.17) is 0 Å². The zero-order valence-electron chi connectivity index (χ0n) is 7.56. The van der Waals surface area contributed by atoms with Gasteiger partial charge in [0.25, 0.3) is 0 Å². The van der Waals surface area contributed by atoms with Crippen molar-refractivity contribution in [1.29, 1.82) is 0 Å². The highest BCUT2D eigenvalue weighted by Gasteiger charge is 2.13. The molecule has 0 fully saturated rings. The number of benzene rings is 1. The van der Waals surface area contributed by atoms with Gasteiger partial charge in [-0.3, -0.25) is 0 Å². The fraction of sp³-hybridized carbons (Fsp3) is 0.333. The SMILES string of the molecule is C=Cc1c(C)ccc2c1CCC2. The topological polar surface area (TPSA) is 0 Å². The largest absolute Gasteiger partial charge is 0.0984 e. The molecule has 0 saturated heterocycles. The van der Waals surface area contributed by atoms with E-state index in [0.717, 1.165) is 0 Å². The molecule has 1 aromatic rings. The van der Waals surface area contributed by atoms with E-state index in [0.29, 0.717) is 0 Å². The Hall–Kier alpha value is -1.04. The van der Waals surface area contributed by atoms with Crippen molar-refractivity contribution in [2.45, 2.75) is 26.2 Å². The lowest BCUT2D eigenvalue weighted by atomic mass is 9.99. The number of rotatable bonds is 1. The predicted octanol–water partition coefficient (Wildman–Crippen LogP) is 3.13. The zero-order valence-corrected chi connectivity index (χ0v) is 7.56. The van der Waals surface area contributed by atoms with Crippen molar-refractivity contribution in [2.75, 3.05) is 0 Å². The first kappa shape index (κ1) is 7.60. The third kappa shape index (κ3) is 0.989. The maximum Gasteiger partial charge on any atom is -0.0198 e. The Balaban J connectivity index is 2.65. The molecule has 62 valence electrons. The standard InChI is InChI=1S/C12H14/c1-3-11-9(2)7-8-10-5-4-6-12(10)11/h3,7-8H,1,4-6H2,2H3. The number of aryl methyl sites for hydroxylation is 2. The lowest BCUT2D eigenvalue weighted by Crippen LogP contribution is -1.90. The second-order valence-electron chi connectivity index (χ2n) is 3.49. The maximum atomic E-state index is 3.87. The molecule has 0 radical (unpaired) electrons. The van der Waals surface area contributed by atoms with Crippen LogP contribution in [0.15, 0.2) is 18.7 Å². The molecular weight excluding hydrogens is 144 g/mol. The molecule has 0 nitrogen and oxygen atoms in total. The van der Waals surface area contributed by atoms with Crippen LogP contribution in [0.4, 0.5) is 0 Å². The molecule has 0 bridgehead atoms. The molecule has 1 aliphatic rings. The van der Waals surface area contributed by atoms with Crippen LogP contribution in [0.5, 0.6) is 0 Å². The van der Waals surface area contributed by atoms with Crippen molar-refractivity contribution in [3.8, 4) is 0 Å². The minimum Gasteiger partial charge on any atom is -0.0984 e. The molecule has 0 aromatic heterocycles. The average Bonchev–Trinajstić information content (AvgIpc) is 2.52.